The lowest BCUT2D eigenvalue weighted by Gasteiger charge is -2.14. The minimum atomic E-state index is 0.582. The first-order chi connectivity index (χ1) is 14.1. The second-order valence-electron chi connectivity index (χ2n) is 6.66. The zero-order chi connectivity index (χ0) is 20.9. The maximum Gasteiger partial charge on any atom is 0.125 e. The van der Waals surface area contributed by atoms with Crippen LogP contribution in [-0.2, 0) is 4.84 Å². The van der Waals surface area contributed by atoms with Gasteiger partial charge in [-0.3, -0.25) is 0 Å². The predicted octanol–water partition coefficient (Wildman–Crippen LogP) is 5.48. The molecular weight excluding hydrogens is 366 g/mol. The molecule has 0 bridgehead atoms. The highest BCUT2D eigenvalue weighted by Crippen LogP contribution is 2.28. The van der Waals surface area contributed by atoms with E-state index in [2.05, 4.69) is 23.8 Å². The highest BCUT2D eigenvalue weighted by Gasteiger charge is 2.07. The van der Waals surface area contributed by atoms with Crippen molar-refractivity contribution < 1.29 is 19.0 Å². The van der Waals surface area contributed by atoms with Crippen molar-refractivity contribution in [2.45, 2.75) is 33.6 Å². The van der Waals surface area contributed by atoms with E-state index in [9.17, 15) is 0 Å². The highest BCUT2D eigenvalue weighted by atomic mass is 16.6. The van der Waals surface area contributed by atoms with Gasteiger partial charge in [0, 0.05) is 0 Å². The molecule has 2 aromatic carbocycles. The number of allylic oxidation sites excluding steroid dienone is 1. The third kappa shape index (κ3) is 7.90. The number of benzene rings is 2. The minimum Gasteiger partial charge on any atom is -0.494 e. The fourth-order valence-corrected chi connectivity index (χ4v) is 2.79. The number of aryl methyl sites for hydroxylation is 2. The number of ether oxygens (including phenoxy) is 3. The van der Waals surface area contributed by atoms with E-state index in [0.717, 1.165) is 46.8 Å². The normalized spacial score (nSPS) is 11.2. The first-order valence-corrected chi connectivity index (χ1v) is 9.91. The van der Waals surface area contributed by atoms with Crippen LogP contribution in [-0.4, -0.2) is 33.1 Å². The first-order valence-electron chi connectivity index (χ1n) is 9.91. The van der Waals surface area contributed by atoms with Gasteiger partial charge in [-0.05, 0) is 86.7 Å². The summed E-state index contributed by atoms with van der Waals surface area (Å²) in [4.78, 5) is 4.67. The molecule has 5 heteroatoms. The van der Waals surface area contributed by atoms with Gasteiger partial charge in [0.05, 0.1) is 19.4 Å². The molecule has 0 fully saturated rings. The van der Waals surface area contributed by atoms with Crippen molar-refractivity contribution in [2.24, 2.45) is 5.16 Å². The molecule has 29 heavy (non-hydrogen) atoms. The van der Waals surface area contributed by atoms with Gasteiger partial charge in [-0.1, -0.05) is 17.3 Å². The number of hydrogen-bond acceptors (Lipinski definition) is 5. The van der Waals surface area contributed by atoms with Crippen LogP contribution in [0.4, 0.5) is 0 Å². The molecule has 0 aromatic heterocycles. The van der Waals surface area contributed by atoms with Gasteiger partial charge >= 0.3 is 0 Å². The molecule has 0 N–H and O–H groups in total. The van der Waals surface area contributed by atoms with Crippen molar-refractivity contribution in [3.05, 3.63) is 65.2 Å². The molecule has 0 amide bonds. The summed E-state index contributed by atoms with van der Waals surface area (Å²) < 4.78 is 17.5. The summed E-state index contributed by atoms with van der Waals surface area (Å²) in [5.41, 5.74) is 3.15. The van der Waals surface area contributed by atoms with Crippen molar-refractivity contribution in [2.75, 3.05) is 26.9 Å². The molecule has 0 atom stereocenters. The van der Waals surface area contributed by atoms with E-state index in [4.69, 9.17) is 14.2 Å². The molecule has 0 heterocycles. The van der Waals surface area contributed by atoms with Gasteiger partial charge in [-0.2, -0.15) is 0 Å². The van der Waals surface area contributed by atoms with Crippen LogP contribution >= 0.6 is 0 Å². The van der Waals surface area contributed by atoms with E-state index >= 15 is 0 Å². The molecule has 0 aliphatic carbocycles. The Bertz CT molecular complexity index is 774. The van der Waals surface area contributed by atoms with E-state index in [0.29, 0.717) is 19.8 Å². The molecule has 2 rings (SSSR count). The molecular formula is C24H31NO4. The molecule has 0 aliphatic rings. The predicted molar refractivity (Wildman–Crippen MR) is 117 cm³/mol. The molecule has 0 unspecified atom stereocenters. The Morgan fingerprint density at radius 1 is 0.862 bits per heavy atom. The van der Waals surface area contributed by atoms with Gasteiger partial charge in [0.2, 0.25) is 0 Å². The summed E-state index contributed by atoms with van der Waals surface area (Å²) >= 11 is 0. The SMILES string of the molecule is C/C=C/COc1cc(C)c(OCCCCOc2ccc(/C=N/OC)cc2)c(C)c1. The molecule has 5 nitrogen and oxygen atoms in total. The van der Waals surface area contributed by atoms with Gasteiger partial charge in [0.1, 0.15) is 31.0 Å². The largest absolute Gasteiger partial charge is 0.494 e. The smallest absolute Gasteiger partial charge is 0.125 e. The number of oxime groups is 1. The lowest BCUT2D eigenvalue weighted by atomic mass is 10.1. The Kier molecular flexibility index (Phi) is 9.63. The summed E-state index contributed by atoms with van der Waals surface area (Å²) in [6, 6.07) is 11.8. The van der Waals surface area contributed by atoms with Crippen molar-refractivity contribution in [3.63, 3.8) is 0 Å². The average molecular weight is 398 g/mol. The molecule has 0 aliphatic heterocycles. The van der Waals surface area contributed by atoms with E-state index in [1.54, 1.807) is 6.21 Å². The third-order valence-corrected chi connectivity index (χ3v) is 4.26. The summed E-state index contributed by atoms with van der Waals surface area (Å²) in [6.07, 6.45) is 7.48. The van der Waals surface area contributed by atoms with Gasteiger partial charge < -0.3 is 19.0 Å². The number of nitrogens with zero attached hydrogens (tertiary/aromatic N) is 1. The number of hydrogen-bond donors (Lipinski definition) is 0. The van der Waals surface area contributed by atoms with Gasteiger partial charge in [0.25, 0.3) is 0 Å². The molecule has 0 saturated carbocycles. The quantitative estimate of drug-likeness (QED) is 0.206. The fourth-order valence-electron chi connectivity index (χ4n) is 2.79. The first kappa shape index (κ1) is 22.3. The zero-order valence-electron chi connectivity index (χ0n) is 17.8. The Labute approximate surface area is 173 Å². The van der Waals surface area contributed by atoms with Crippen LogP contribution in [0.5, 0.6) is 17.2 Å². The Hall–Kier alpha value is -2.95. The van der Waals surface area contributed by atoms with E-state index in [1.807, 2.05) is 55.5 Å². The second-order valence-corrected chi connectivity index (χ2v) is 6.66. The van der Waals surface area contributed by atoms with Gasteiger partial charge in [-0.15, -0.1) is 0 Å². The van der Waals surface area contributed by atoms with E-state index in [1.165, 1.54) is 7.11 Å². The van der Waals surface area contributed by atoms with Crippen molar-refractivity contribution in [1.82, 2.24) is 0 Å². The van der Waals surface area contributed by atoms with Crippen LogP contribution in [0.2, 0.25) is 0 Å². The highest BCUT2D eigenvalue weighted by molar-refractivity contribution is 5.79. The van der Waals surface area contributed by atoms with Crippen LogP contribution in [0.3, 0.4) is 0 Å². The van der Waals surface area contributed by atoms with Crippen LogP contribution in [0, 0.1) is 13.8 Å². The summed E-state index contributed by atoms with van der Waals surface area (Å²) in [7, 11) is 1.52. The number of unbranched alkanes of at least 4 members (excludes halogenated alkanes) is 1. The topological polar surface area (TPSA) is 49.3 Å². The van der Waals surface area contributed by atoms with Crippen LogP contribution in [0.1, 0.15) is 36.5 Å². The number of rotatable bonds is 12. The van der Waals surface area contributed by atoms with Gasteiger partial charge in [-0.25, -0.2) is 0 Å². The van der Waals surface area contributed by atoms with Crippen molar-refractivity contribution in [3.8, 4) is 17.2 Å². The summed E-state index contributed by atoms with van der Waals surface area (Å²) in [5.74, 6) is 2.66. The minimum absolute atomic E-state index is 0.582. The lowest BCUT2D eigenvalue weighted by Crippen LogP contribution is -2.04. The maximum absolute atomic E-state index is 6.00. The standard InChI is InChI=1S/C24H31NO4/c1-5-6-13-28-23-16-19(2)24(20(3)17-23)29-15-8-7-14-27-22-11-9-21(10-12-22)18-25-26-4/h5-6,9-12,16-18H,7-8,13-15H2,1-4H3/b6-5+,25-18+. The van der Waals surface area contributed by atoms with Crippen molar-refractivity contribution in [1.29, 1.82) is 0 Å². The van der Waals surface area contributed by atoms with Crippen molar-refractivity contribution >= 4 is 6.21 Å². The average Bonchev–Trinajstić information content (AvgIpc) is 2.71. The molecule has 0 saturated heterocycles. The van der Waals surface area contributed by atoms with E-state index in [-0.39, 0.29) is 0 Å². The van der Waals surface area contributed by atoms with Crippen LogP contribution in [0.15, 0.2) is 53.7 Å². The monoisotopic (exact) mass is 397 g/mol. The van der Waals surface area contributed by atoms with Crippen LogP contribution < -0.4 is 14.2 Å². The zero-order valence-corrected chi connectivity index (χ0v) is 17.8. The summed E-state index contributed by atoms with van der Waals surface area (Å²) in [5, 5.41) is 3.74. The molecule has 2 aromatic rings. The van der Waals surface area contributed by atoms with E-state index < -0.39 is 0 Å². The molecule has 156 valence electrons. The van der Waals surface area contributed by atoms with Gasteiger partial charge in [0.15, 0.2) is 0 Å². The molecule has 0 spiro atoms. The lowest BCUT2D eigenvalue weighted by molar-refractivity contribution is 0.215. The Morgan fingerprint density at radius 3 is 2.14 bits per heavy atom. The Morgan fingerprint density at radius 2 is 1.52 bits per heavy atom. The Balaban J connectivity index is 1.70. The van der Waals surface area contributed by atoms with Crippen LogP contribution in [0.25, 0.3) is 0 Å². The third-order valence-electron chi connectivity index (χ3n) is 4.26. The second kappa shape index (κ2) is 12.5. The molecule has 0 radical (unpaired) electrons. The maximum atomic E-state index is 6.00. The summed E-state index contributed by atoms with van der Waals surface area (Å²) in [6.45, 7) is 7.99. The fraction of sp³-hybridized carbons (Fsp3) is 0.375.